The SMILES string of the molecule is CC(Cl)CC(C)(C)CC1Cc2cc(F)ccc2O1. The molecule has 1 aromatic rings. The van der Waals surface area contributed by atoms with E-state index in [0.29, 0.717) is 0 Å². The van der Waals surface area contributed by atoms with Crippen molar-refractivity contribution in [3.8, 4) is 5.75 Å². The van der Waals surface area contributed by atoms with E-state index in [-0.39, 0.29) is 22.7 Å². The number of alkyl halides is 1. The maximum absolute atomic E-state index is 13.1. The second-order valence-electron chi connectivity index (χ2n) is 6.05. The Hall–Kier alpha value is -0.760. The lowest BCUT2D eigenvalue weighted by molar-refractivity contribution is 0.150. The summed E-state index contributed by atoms with van der Waals surface area (Å²) in [6, 6.07) is 4.75. The maximum atomic E-state index is 13.1. The van der Waals surface area contributed by atoms with Crippen molar-refractivity contribution in [1.29, 1.82) is 0 Å². The fourth-order valence-electron chi connectivity index (χ4n) is 2.86. The molecule has 3 heteroatoms. The van der Waals surface area contributed by atoms with Gasteiger partial charge in [0.15, 0.2) is 0 Å². The van der Waals surface area contributed by atoms with Crippen molar-refractivity contribution in [2.75, 3.05) is 0 Å². The minimum absolute atomic E-state index is 0.145. The molecule has 0 fully saturated rings. The van der Waals surface area contributed by atoms with Crippen LogP contribution < -0.4 is 4.74 Å². The molecule has 1 aliphatic heterocycles. The van der Waals surface area contributed by atoms with Crippen molar-refractivity contribution in [1.82, 2.24) is 0 Å². The van der Waals surface area contributed by atoms with Crippen LogP contribution in [0.1, 0.15) is 39.2 Å². The summed E-state index contributed by atoms with van der Waals surface area (Å²) in [5.41, 5.74) is 1.13. The average molecular weight is 271 g/mol. The van der Waals surface area contributed by atoms with Crippen LogP contribution in [0.2, 0.25) is 0 Å². The number of benzene rings is 1. The van der Waals surface area contributed by atoms with Crippen molar-refractivity contribution in [2.45, 2.75) is 51.5 Å². The van der Waals surface area contributed by atoms with E-state index in [2.05, 4.69) is 13.8 Å². The molecule has 0 saturated heterocycles. The molecule has 2 atom stereocenters. The minimum Gasteiger partial charge on any atom is -0.490 e. The molecule has 18 heavy (non-hydrogen) atoms. The molecule has 2 unspecified atom stereocenters. The number of fused-ring (bicyclic) bond motifs is 1. The average Bonchev–Trinajstić information content (AvgIpc) is 2.55. The molecule has 0 bridgehead atoms. The van der Waals surface area contributed by atoms with E-state index in [1.165, 1.54) is 6.07 Å². The normalized spacial score (nSPS) is 20.4. The van der Waals surface area contributed by atoms with E-state index >= 15 is 0 Å². The largest absolute Gasteiger partial charge is 0.490 e. The van der Waals surface area contributed by atoms with E-state index in [9.17, 15) is 4.39 Å². The van der Waals surface area contributed by atoms with Gasteiger partial charge in [-0.1, -0.05) is 13.8 Å². The van der Waals surface area contributed by atoms with Crippen LogP contribution in [0.15, 0.2) is 18.2 Å². The van der Waals surface area contributed by atoms with Gasteiger partial charge in [0, 0.05) is 17.4 Å². The summed E-state index contributed by atoms with van der Waals surface area (Å²) in [4.78, 5) is 0. The van der Waals surface area contributed by atoms with Crippen LogP contribution in [0.25, 0.3) is 0 Å². The van der Waals surface area contributed by atoms with E-state index in [0.717, 1.165) is 30.6 Å². The fraction of sp³-hybridized carbons (Fsp3) is 0.600. The van der Waals surface area contributed by atoms with Gasteiger partial charge in [0.2, 0.25) is 0 Å². The van der Waals surface area contributed by atoms with E-state index in [1.807, 2.05) is 6.92 Å². The molecule has 0 amide bonds. The Labute approximate surface area is 113 Å². The first-order valence-electron chi connectivity index (χ1n) is 6.45. The van der Waals surface area contributed by atoms with Crippen LogP contribution in [0.4, 0.5) is 4.39 Å². The molecule has 1 heterocycles. The van der Waals surface area contributed by atoms with Crippen LogP contribution in [-0.4, -0.2) is 11.5 Å². The third-order valence-corrected chi connectivity index (χ3v) is 3.53. The lowest BCUT2D eigenvalue weighted by atomic mass is 9.81. The van der Waals surface area contributed by atoms with Gasteiger partial charge in [-0.25, -0.2) is 4.39 Å². The third kappa shape index (κ3) is 3.38. The Bertz CT molecular complexity index is 429. The predicted octanol–water partition coefficient (Wildman–Crippen LogP) is 4.56. The molecule has 0 N–H and O–H groups in total. The highest BCUT2D eigenvalue weighted by Crippen LogP contribution is 2.37. The highest BCUT2D eigenvalue weighted by Gasteiger charge is 2.30. The topological polar surface area (TPSA) is 9.23 Å². The van der Waals surface area contributed by atoms with E-state index in [1.54, 1.807) is 12.1 Å². The van der Waals surface area contributed by atoms with E-state index in [4.69, 9.17) is 16.3 Å². The molecule has 1 aromatic carbocycles. The number of ether oxygens (including phenoxy) is 1. The summed E-state index contributed by atoms with van der Waals surface area (Å²) in [6.07, 6.45) is 2.85. The van der Waals surface area contributed by atoms with Crippen molar-refractivity contribution in [3.63, 3.8) is 0 Å². The van der Waals surface area contributed by atoms with Gasteiger partial charge < -0.3 is 4.74 Å². The Morgan fingerprint density at radius 1 is 1.50 bits per heavy atom. The van der Waals surface area contributed by atoms with Crippen molar-refractivity contribution in [2.24, 2.45) is 5.41 Å². The van der Waals surface area contributed by atoms with Gasteiger partial charge in [0.05, 0.1) is 0 Å². The van der Waals surface area contributed by atoms with Crippen LogP contribution in [0, 0.1) is 11.2 Å². The van der Waals surface area contributed by atoms with Gasteiger partial charge in [0.1, 0.15) is 17.7 Å². The van der Waals surface area contributed by atoms with Crippen LogP contribution >= 0.6 is 11.6 Å². The molecule has 100 valence electrons. The smallest absolute Gasteiger partial charge is 0.123 e. The monoisotopic (exact) mass is 270 g/mol. The summed E-state index contributed by atoms with van der Waals surface area (Å²) >= 11 is 6.07. The summed E-state index contributed by atoms with van der Waals surface area (Å²) in [7, 11) is 0. The molecule has 2 rings (SSSR count). The standard InChI is InChI=1S/C15H20ClFO/c1-10(16)8-15(2,3)9-13-7-11-6-12(17)4-5-14(11)18-13/h4-6,10,13H,7-9H2,1-3H3. The second kappa shape index (κ2) is 5.08. The zero-order valence-electron chi connectivity index (χ0n) is 11.2. The van der Waals surface area contributed by atoms with E-state index < -0.39 is 0 Å². The van der Waals surface area contributed by atoms with Crippen LogP contribution in [-0.2, 0) is 6.42 Å². The lowest BCUT2D eigenvalue weighted by Crippen LogP contribution is -2.25. The minimum atomic E-state index is -0.188. The number of rotatable bonds is 4. The Morgan fingerprint density at radius 2 is 2.22 bits per heavy atom. The molecule has 0 saturated carbocycles. The first-order chi connectivity index (χ1) is 8.35. The van der Waals surface area contributed by atoms with Gasteiger partial charge in [0.25, 0.3) is 0 Å². The van der Waals surface area contributed by atoms with Gasteiger partial charge in [-0.2, -0.15) is 0 Å². The van der Waals surface area contributed by atoms with Gasteiger partial charge >= 0.3 is 0 Å². The molecule has 1 nitrogen and oxygen atoms in total. The molecule has 0 spiro atoms. The highest BCUT2D eigenvalue weighted by atomic mass is 35.5. The number of hydrogen-bond donors (Lipinski definition) is 0. The van der Waals surface area contributed by atoms with Crippen molar-refractivity contribution in [3.05, 3.63) is 29.6 Å². The molecular weight excluding hydrogens is 251 g/mol. The third-order valence-electron chi connectivity index (χ3n) is 3.38. The predicted molar refractivity (Wildman–Crippen MR) is 72.9 cm³/mol. The van der Waals surface area contributed by atoms with Gasteiger partial charge in [-0.05, 0) is 43.4 Å². The first-order valence-corrected chi connectivity index (χ1v) is 6.88. The molecule has 1 aliphatic rings. The Balaban J connectivity index is 1.99. The lowest BCUT2D eigenvalue weighted by Gasteiger charge is -2.28. The number of halogens is 2. The zero-order chi connectivity index (χ0) is 13.3. The van der Waals surface area contributed by atoms with Crippen molar-refractivity contribution < 1.29 is 9.13 Å². The zero-order valence-corrected chi connectivity index (χ0v) is 11.9. The highest BCUT2D eigenvalue weighted by molar-refractivity contribution is 6.20. The number of hydrogen-bond acceptors (Lipinski definition) is 1. The summed E-state index contributed by atoms with van der Waals surface area (Å²) < 4.78 is 19.0. The van der Waals surface area contributed by atoms with Crippen LogP contribution in [0.5, 0.6) is 5.75 Å². The Kier molecular flexibility index (Phi) is 3.86. The molecule has 0 aromatic heterocycles. The first kappa shape index (κ1) is 13.7. The summed E-state index contributed by atoms with van der Waals surface area (Å²) in [5.74, 6) is 0.641. The Morgan fingerprint density at radius 3 is 2.89 bits per heavy atom. The quantitative estimate of drug-likeness (QED) is 0.729. The molecule has 0 aliphatic carbocycles. The second-order valence-corrected chi connectivity index (χ2v) is 6.79. The molecular formula is C15H20ClFO. The fourth-order valence-corrected chi connectivity index (χ4v) is 3.28. The van der Waals surface area contributed by atoms with Gasteiger partial charge in [-0.3, -0.25) is 0 Å². The maximum Gasteiger partial charge on any atom is 0.123 e. The van der Waals surface area contributed by atoms with Crippen molar-refractivity contribution >= 4 is 11.6 Å². The molecule has 0 radical (unpaired) electrons. The summed E-state index contributed by atoms with van der Waals surface area (Å²) in [5, 5.41) is 0.168. The summed E-state index contributed by atoms with van der Waals surface area (Å²) in [6.45, 7) is 6.43. The van der Waals surface area contributed by atoms with Gasteiger partial charge in [-0.15, -0.1) is 11.6 Å². The van der Waals surface area contributed by atoms with Crippen LogP contribution in [0.3, 0.4) is 0 Å².